The first-order valence-corrected chi connectivity index (χ1v) is 8.30. The largest absolute Gasteiger partial charge is 0.396 e. The van der Waals surface area contributed by atoms with Gasteiger partial charge in [-0.25, -0.2) is 4.39 Å². The number of thiophene rings is 1. The van der Waals surface area contributed by atoms with Gasteiger partial charge in [0.15, 0.2) is 0 Å². The minimum Gasteiger partial charge on any atom is -0.396 e. The van der Waals surface area contributed by atoms with E-state index in [0.29, 0.717) is 19.4 Å². The van der Waals surface area contributed by atoms with Crippen LogP contribution >= 0.6 is 22.9 Å². The van der Waals surface area contributed by atoms with Crippen molar-refractivity contribution in [2.45, 2.75) is 18.8 Å². The first-order valence-electron chi connectivity index (χ1n) is 6.98. The van der Waals surface area contributed by atoms with Gasteiger partial charge < -0.3 is 10.4 Å². The van der Waals surface area contributed by atoms with Gasteiger partial charge in [-0.3, -0.25) is 4.79 Å². The maximum absolute atomic E-state index is 13.7. The van der Waals surface area contributed by atoms with Crippen LogP contribution in [0.15, 0.2) is 35.0 Å². The molecule has 3 nitrogen and oxygen atoms in total. The number of hydrogen-bond acceptors (Lipinski definition) is 3. The fraction of sp³-hybridized carbons (Fsp3) is 0.312. The molecule has 0 radical (unpaired) electrons. The van der Waals surface area contributed by atoms with Crippen molar-refractivity contribution in [2.24, 2.45) is 0 Å². The van der Waals surface area contributed by atoms with Crippen LogP contribution in [0.4, 0.5) is 4.39 Å². The second-order valence-electron chi connectivity index (χ2n) is 4.91. The lowest BCUT2D eigenvalue weighted by atomic mass is 9.95. The molecule has 0 fully saturated rings. The summed E-state index contributed by atoms with van der Waals surface area (Å²) in [5.41, 5.74) is 1.02. The molecule has 1 heterocycles. The average molecular weight is 342 g/mol. The zero-order valence-electron chi connectivity index (χ0n) is 11.9. The number of halogens is 2. The van der Waals surface area contributed by atoms with Crippen molar-refractivity contribution in [2.75, 3.05) is 13.2 Å². The van der Waals surface area contributed by atoms with Crippen LogP contribution in [0, 0.1) is 5.82 Å². The lowest BCUT2D eigenvalue weighted by Crippen LogP contribution is -2.27. The van der Waals surface area contributed by atoms with E-state index in [1.807, 2.05) is 16.8 Å². The summed E-state index contributed by atoms with van der Waals surface area (Å²) < 4.78 is 13.7. The van der Waals surface area contributed by atoms with Crippen LogP contribution in [0.3, 0.4) is 0 Å². The van der Waals surface area contributed by atoms with Gasteiger partial charge in [-0.1, -0.05) is 17.7 Å². The van der Waals surface area contributed by atoms with Crippen molar-refractivity contribution in [3.8, 4) is 0 Å². The maximum atomic E-state index is 13.7. The van der Waals surface area contributed by atoms with Gasteiger partial charge in [0, 0.05) is 13.2 Å². The minimum absolute atomic E-state index is 0.0909. The molecule has 0 aliphatic rings. The highest BCUT2D eigenvalue weighted by atomic mass is 35.5. The van der Waals surface area contributed by atoms with Gasteiger partial charge in [-0.2, -0.15) is 11.3 Å². The molecule has 0 aliphatic carbocycles. The van der Waals surface area contributed by atoms with Gasteiger partial charge in [0.05, 0.1) is 10.6 Å². The molecular weight excluding hydrogens is 325 g/mol. The molecule has 22 heavy (non-hydrogen) atoms. The first kappa shape index (κ1) is 16.9. The molecule has 0 spiro atoms. The van der Waals surface area contributed by atoms with Crippen LogP contribution in [0.25, 0.3) is 0 Å². The Morgan fingerprint density at radius 1 is 1.36 bits per heavy atom. The number of hydrogen-bond donors (Lipinski definition) is 2. The number of nitrogens with one attached hydrogen (secondary N) is 1. The summed E-state index contributed by atoms with van der Waals surface area (Å²) in [5.74, 6) is -0.974. The quantitative estimate of drug-likeness (QED) is 0.804. The highest BCUT2D eigenvalue weighted by Gasteiger charge is 2.16. The molecule has 1 atom stereocenters. The highest BCUT2D eigenvalue weighted by molar-refractivity contribution is 7.07. The summed E-state index contributed by atoms with van der Waals surface area (Å²) in [4.78, 5) is 12.0. The molecule has 0 aliphatic heterocycles. The monoisotopic (exact) mass is 341 g/mol. The Morgan fingerprint density at radius 2 is 2.18 bits per heavy atom. The van der Waals surface area contributed by atoms with Gasteiger partial charge in [-0.05, 0) is 53.3 Å². The number of carbonyl (C=O) groups excluding carboxylic acids is 1. The Hall–Kier alpha value is -1.43. The number of benzene rings is 1. The first-order chi connectivity index (χ1) is 10.6. The van der Waals surface area contributed by atoms with Gasteiger partial charge in [0.2, 0.25) is 0 Å². The van der Waals surface area contributed by atoms with Crippen molar-refractivity contribution in [3.63, 3.8) is 0 Å². The lowest BCUT2D eigenvalue weighted by molar-refractivity contribution is 0.0948. The van der Waals surface area contributed by atoms with Gasteiger partial charge >= 0.3 is 0 Å². The van der Waals surface area contributed by atoms with E-state index in [0.717, 1.165) is 5.56 Å². The Morgan fingerprint density at radius 3 is 2.82 bits per heavy atom. The van der Waals surface area contributed by atoms with Crippen molar-refractivity contribution >= 4 is 28.8 Å². The molecule has 2 aromatic rings. The van der Waals surface area contributed by atoms with Crippen LogP contribution in [-0.2, 0) is 0 Å². The molecule has 118 valence electrons. The molecule has 1 aromatic heterocycles. The topological polar surface area (TPSA) is 49.3 Å². The number of rotatable bonds is 7. The fourth-order valence-corrected chi connectivity index (χ4v) is 3.30. The van der Waals surface area contributed by atoms with Crippen LogP contribution in [-0.4, -0.2) is 24.2 Å². The van der Waals surface area contributed by atoms with E-state index < -0.39 is 11.7 Å². The maximum Gasteiger partial charge on any atom is 0.255 e. The average Bonchev–Trinajstić information content (AvgIpc) is 3.00. The molecule has 6 heteroatoms. The Labute approximate surface area is 137 Å². The van der Waals surface area contributed by atoms with E-state index >= 15 is 0 Å². The SMILES string of the molecule is O=C(NCCC(CCO)c1ccsc1)c1c(F)cccc1Cl. The van der Waals surface area contributed by atoms with E-state index in [1.165, 1.54) is 18.2 Å². The molecule has 2 N–H and O–H groups in total. The van der Waals surface area contributed by atoms with E-state index in [2.05, 4.69) is 5.32 Å². The smallest absolute Gasteiger partial charge is 0.255 e. The van der Waals surface area contributed by atoms with E-state index in [4.69, 9.17) is 16.7 Å². The predicted octanol–water partition coefficient (Wildman–Crippen LogP) is 3.83. The second kappa shape index (κ2) is 8.27. The van der Waals surface area contributed by atoms with Gasteiger partial charge in [-0.15, -0.1) is 0 Å². The zero-order chi connectivity index (χ0) is 15.9. The molecule has 0 bridgehead atoms. The second-order valence-corrected chi connectivity index (χ2v) is 6.09. The third kappa shape index (κ3) is 4.29. The van der Waals surface area contributed by atoms with Crippen LogP contribution in [0.5, 0.6) is 0 Å². The molecule has 1 unspecified atom stereocenters. The molecule has 0 saturated carbocycles. The minimum atomic E-state index is -0.630. The Bertz CT molecular complexity index is 598. The van der Waals surface area contributed by atoms with Crippen LogP contribution in [0.1, 0.15) is 34.7 Å². The number of aliphatic hydroxyl groups is 1. The molecular formula is C16H17ClFNO2S. The normalized spacial score (nSPS) is 12.1. The third-order valence-corrected chi connectivity index (χ3v) is 4.48. The summed E-state index contributed by atoms with van der Waals surface area (Å²) in [7, 11) is 0. The van der Waals surface area contributed by atoms with Gasteiger partial charge in [0.1, 0.15) is 5.82 Å². The lowest BCUT2D eigenvalue weighted by Gasteiger charge is -2.15. The summed E-state index contributed by atoms with van der Waals surface area (Å²) in [6.45, 7) is 0.484. The van der Waals surface area contributed by atoms with E-state index in [-0.39, 0.29) is 23.1 Å². The summed E-state index contributed by atoms with van der Waals surface area (Å²) >= 11 is 7.46. The van der Waals surface area contributed by atoms with Crippen molar-refractivity contribution in [1.29, 1.82) is 0 Å². The van der Waals surface area contributed by atoms with Crippen LogP contribution in [0.2, 0.25) is 5.02 Å². The van der Waals surface area contributed by atoms with Crippen molar-refractivity contribution in [3.05, 3.63) is 57.0 Å². The highest BCUT2D eigenvalue weighted by Crippen LogP contribution is 2.25. The van der Waals surface area contributed by atoms with E-state index in [1.54, 1.807) is 11.3 Å². The van der Waals surface area contributed by atoms with Crippen molar-refractivity contribution < 1.29 is 14.3 Å². The Balaban J connectivity index is 1.93. The van der Waals surface area contributed by atoms with Crippen LogP contribution < -0.4 is 5.32 Å². The standard InChI is InChI=1S/C16H17ClFNO2S/c17-13-2-1-3-14(18)15(13)16(21)19-7-4-11(5-8-20)12-6-9-22-10-12/h1-3,6,9-11,20H,4-5,7-8H2,(H,19,21). The predicted molar refractivity (Wildman–Crippen MR) is 87.1 cm³/mol. The summed E-state index contributed by atoms with van der Waals surface area (Å²) in [6, 6.07) is 6.17. The molecule has 1 amide bonds. The molecule has 1 aromatic carbocycles. The number of amides is 1. The summed E-state index contributed by atoms with van der Waals surface area (Å²) in [5, 5.41) is 16.0. The molecule has 2 rings (SSSR count). The Kier molecular flexibility index (Phi) is 6.36. The number of aliphatic hydroxyl groups excluding tert-OH is 1. The summed E-state index contributed by atoms with van der Waals surface area (Å²) in [6.07, 6.45) is 1.31. The van der Waals surface area contributed by atoms with Gasteiger partial charge in [0.25, 0.3) is 5.91 Å². The molecule has 0 saturated heterocycles. The zero-order valence-corrected chi connectivity index (χ0v) is 13.5. The van der Waals surface area contributed by atoms with E-state index in [9.17, 15) is 9.18 Å². The third-order valence-electron chi connectivity index (χ3n) is 3.46. The van der Waals surface area contributed by atoms with Crippen molar-refractivity contribution in [1.82, 2.24) is 5.32 Å². The number of carbonyl (C=O) groups is 1. The fourth-order valence-electron chi connectivity index (χ4n) is 2.30.